The Morgan fingerprint density at radius 2 is 1.47 bits per heavy atom. The molecule has 0 aromatic rings. The van der Waals surface area contributed by atoms with Gasteiger partial charge in [0.25, 0.3) is 0 Å². The molecule has 2 fully saturated rings. The van der Waals surface area contributed by atoms with Crippen LogP contribution < -0.4 is 10.6 Å². The molecule has 0 saturated carbocycles. The maximum Gasteiger partial charge on any atom is 0.326 e. The van der Waals surface area contributed by atoms with Gasteiger partial charge in [-0.2, -0.15) is 0 Å². The van der Waals surface area contributed by atoms with Gasteiger partial charge in [-0.15, -0.1) is 23.5 Å². The van der Waals surface area contributed by atoms with Crippen molar-refractivity contribution in [3.8, 4) is 0 Å². The summed E-state index contributed by atoms with van der Waals surface area (Å²) in [5.74, 6) is 0.241. The van der Waals surface area contributed by atoms with Gasteiger partial charge in [-0.25, -0.2) is 4.79 Å². The Labute approximate surface area is 209 Å². The van der Waals surface area contributed by atoms with E-state index in [4.69, 9.17) is 0 Å². The number of carboxylic acid groups (broad SMARTS) is 1. The zero-order valence-electron chi connectivity index (χ0n) is 19.3. The fourth-order valence-electron chi connectivity index (χ4n) is 3.56. The number of carbonyl (C=O) groups excluding carboxylic acids is 4. The number of nitrogens with one attached hydrogen (secondary N) is 2. The van der Waals surface area contributed by atoms with Gasteiger partial charge < -0.3 is 25.5 Å². The number of carboxylic acids is 1. The molecule has 1 unspecified atom stereocenters. The van der Waals surface area contributed by atoms with Gasteiger partial charge in [0.05, 0.1) is 24.6 Å². The molecule has 2 aliphatic rings. The first kappa shape index (κ1) is 28.3. The summed E-state index contributed by atoms with van der Waals surface area (Å²) < 4.78 is 0. The fraction of sp³-hybridized carbons (Fsp3) is 0.682. The lowest BCUT2D eigenvalue weighted by atomic mass is 10.1. The monoisotopic (exact) mass is 514 g/mol. The van der Waals surface area contributed by atoms with Gasteiger partial charge >= 0.3 is 5.97 Å². The van der Waals surface area contributed by atoms with Crippen molar-refractivity contribution in [2.75, 3.05) is 42.6 Å². The van der Waals surface area contributed by atoms with Crippen molar-refractivity contribution < 1.29 is 29.1 Å². The average molecular weight is 515 g/mol. The predicted octanol–water partition coefficient (Wildman–Crippen LogP) is 0.877. The number of amides is 4. The van der Waals surface area contributed by atoms with Gasteiger partial charge in [0.2, 0.25) is 23.6 Å². The van der Waals surface area contributed by atoms with Gasteiger partial charge in [-0.3, -0.25) is 19.2 Å². The number of rotatable bonds is 17. The lowest BCUT2D eigenvalue weighted by Crippen LogP contribution is -2.41. The van der Waals surface area contributed by atoms with E-state index in [2.05, 4.69) is 10.6 Å². The van der Waals surface area contributed by atoms with Crippen molar-refractivity contribution in [1.29, 1.82) is 0 Å². The molecular weight excluding hydrogens is 480 g/mol. The Balaban J connectivity index is 1.48. The van der Waals surface area contributed by atoms with Crippen LogP contribution in [0.4, 0.5) is 0 Å². The third kappa shape index (κ3) is 11.0. The largest absolute Gasteiger partial charge is 0.480 e. The van der Waals surface area contributed by atoms with Gasteiger partial charge in [0.15, 0.2) is 0 Å². The van der Waals surface area contributed by atoms with E-state index in [0.29, 0.717) is 56.0 Å². The summed E-state index contributed by atoms with van der Waals surface area (Å²) in [6.07, 6.45) is 4.32. The average Bonchev–Trinajstić information content (AvgIpc) is 3.40. The van der Waals surface area contributed by atoms with Crippen molar-refractivity contribution in [3.63, 3.8) is 0 Å². The molecule has 4 amide bonds. The third-order valence-corrected chi connectivity index (χ3v) is 7.09. The molecule has 3 N–H and O–H groups in total. The van der Waals surface area contributed by atoms with Crippen LogP contribution in [-0.2, 0) is 24.0 Å². The summed E-state index contributed by atoms with van der Waals surface area (Å²) in [6.45, 7) is 5.52. The minimum absolute atomic E-state index is 0.0969. The van der Waals surface area contributed by atoms with Crippen molar-refractivity contribution in [1.82, 2.24) is 20.4 Å². The highest BCUT2D eigenvalue weighted by molar-refractivity contribution is 8.00. The quantitative estimate of drug-likeness (QED) is 0.243. The number of hydrogen-bond acceptors (Lipinski definition) is 7. The van der Waals surface area contributed by atoms with Crippen molar-refractivity contribution in [2.24, 2.45) is 0 Å². The number of unbranched alkanes of at least 4 members (excludes halogenated alkanes) is 1. The van der Waals surface area contributed by atoms with Crippen LogP contribution in [0, 0.1) is 13.1 Å². The van der Waals surface area contributed by atoms with Crippen LogP contribution in [0.15, 0.2) is 0 Å². The maximum atomic E-state index is 12.1. The summed E-state index contributed by atoms with van der Waals surface area (Å²) in [5, 5.41) is 14.7. The van der Waals surface area contributed by atoms with Crippen LogP contribution in [0.25, 0.3) is 0 Å². The first-order chi connectivity index (χ1) is 16.4. The van der Waals surface area contributed by atoms with Crippen LogP contribution in [0.2, 0.25) is 0 Å². The summed E-state index contributed by atoms with van der Waals surface area (Å²) in [4.78, 5) is 61.8. The summed E-state index contributed by atoms with van der Waals surface area (Å²) in [6, 6.07) is -0.965. The highest BCUT2D eigenvalue weighted by Crippen LogP contribution is 2.15. The third-order valence-electron chi connectivity index (χ3n) is 5.39. The van der Waals surface area contributed by atoms with E-state index in [0.717, 1.165) is 19.4 Å². The van der Waals surface area contributed by atoms with Gasteiger partial charge in [-0.05, 0) is 32.1 Å². The van der Waals surface area contributed by atoms with E-state index in [9.17, 15) is 29.1 Å². The Bertz CT molecular complexity index is 724. The molecule has 0 aliphatic carbocycles. The predicted molar refractivity (Wildman–Crippen MR) is 132 cm³/mol. The van der Waals surface area contributed by atoms with Crippen molar-refractivity contribution in [3.05, 3.63) is 13.1 Å². The fourth-order valence-corrected chi connectivity index (χ4v) is 4.92. The summed E-state index contributed by atoms with van der Waals surface area (Å²) in [7, 11) is 0. The molecule has 0 aromatic carbocycles. The Kier molecular flexibility index (Phi) is 13.2. The van der Waals surface area contributed by atoms with E-state index in [1.54, 1.807) is 16.3 Å². The van der Waals surface area contributed by atoms with Crippen molar-refractivity contribution in [2.45, 2.75) is 51.0 Å². The number of thioether (sulfide) groups is 2. The molecule has 2 radical (unpaired) electrons. The first-order valence-electron chi connectivity index (χ1n) is 11.6. The molecule has 0 aromatic heterocycles. The van der Waals surface area contributed by atoms with E-state index < -0.39 is 12.0 Å². The summed E-state index contributed by atoms with van der Waals surface area (Å²) in [5.41, 5.74) is 0. The van der Waals surface area contributed by atoms with Crippen LogP contribution in [-0.4, -0.2) is 93.2 Å². The van der Waals surface area contributed by atoms with E-state index in [1.807, 2.05) is 6.54 Å². The normalized spacial score (nSPS) is 16.7. The highest BCUT2D eigenvalue weighted by atomic mass is 32.2. The Morgan fingerprint density at radius 1 is 0.912 bits per heavy atom. The zero-order chi connectivity index (χ0) is 24.8. The molecule has 0 bridgehead atoms. The molecule has 2 aliphatic heterocycles. The Morgan fingerprint density at radius 3 is 1.97 bits per heavy atom. The lowest BCUT2D eigenvalue weighted by Gasteiger charge is -2.16. The number of likely N-dealkylation sites (tertiary alicyclic amines) is 2. The minimum Gasteiger partial charge on any atom is -0.480 e. The number of carbonyl (C=O) groups is 5. The smallest absolute Gasteiger partial charge is 0.326 e. The van der Waals surface area contributed by atoms with Gasteiger partial charge in [0.1, 0.15) is 6.04 Å². The first-order valence-corrected chi connectivity index (χ1v) is 13.9. The van der Waals surface area contributed by atoms with Gasteiger partial charge in [-0.1, -0.05) is 0 Å². The molecule has 10 nitrogen and oxygen atoms in total. The molecule has 2 saturated heterocycles. The molecule has 1 atom stereocenters. The second kappa shape index (κ2) is 15.9. The molecule has 34 heavy (non-hydrogen) atoms. The van der Waals surface area contributed by atoms with Gasteiger partial charge in [0, 0.05) is 44.0 Å². The van der Waals surface area contributed by atoms with Crippen LogP contribution >= 0.6 is 23.5 Å². The second-order valence-electron chi connectivity index (χ2n) is 8.08. The lowest BCUT2D eigenvalue weighted by molar-refractivity contribution is -0.141. The molecular formula is C22H34N4O6S2. The molecule has 2 rings (SSSR count). The maximum absolute atomic E-state index is 12.1. The van der Waals surface area contributed by atoms with E-state index >= 15 is 0 Å². The zero-order valence-corrected chi connectivity index (χ0v) is 21.0. The van der Waals surface area contributed by atoms with Crippen molar-refractivity contribution >= 4 is 53.1 Å². The summed E-state index contributed by atoms with van der Waals surface area (Å²) >= 11 is 2.76. The van der Waals surface area contributed by atoms with Crippen LogP contribution in [0.5, 0.6) is 0 Å². The SMILES string of the molecule is O=C(CSC[CH]N1CCCC1=O)NCCCCC(NC(=O)CSC[CH]N1CCCC1=O)C(=O)O. The molecule has 190 valence electrons. The second-order valence-corrected chi connectivity index (χ2v) is 10.1. The number of nitrogens with zero attached hydrogens (tertiary/aromatic N) is 2. The minimum atomic E-state index is -1.08. The standard InChI is InChI=1S/C22H34N4O6S2/c27-18(15-33-13-11-25-9-3-6-20(25)29)23-8-2-1-5-17(22(31)32)24-19(28)16-34-14-12-26-10-4-7-21(26)30/h11-12,17H,1-10,13-16H2,(H,23,27)(H,24,28)(H,31,32). The van der Waals surface area contributed by atoms with E-state index in [-0.39, 0.29) is 35.8 Å². The van der Waals surface area contributed by atoms with Crippen LogP contribution in [0.1, 0.15) is 44.9 Å². The number of aliphatic carboxylic acids is 1. The number of hydrogen-bond donors (Lipinski definition) is 3. The molecule has 0 spiro atoms. The highest BCUT2D eigenvalue weighted by Gasteiger charge is 2.22. The topological polar surface area (TPSA) is 136 Å². The van der Waals surface area contributed by atoms with E-state index in [1.165, 1.54) is 23.5 Å². The Hall–Kier alpha value is -1.95. The molecule has 12 heteroatoms. The molecule has 2 heterocycles. The van der Waals surface area contributed by atoms with Crippen LogP contribution in [0.3, 0.4) is 0 Å².